The van der Waals surface area contributed by atoms with Gasteiger partial charge in [-0.25, -0.2) is 4.98 Å². The second-order valence-corrected chi connectivity index (χ2v) is 4.99. The first-order valence-corrected chi connectivity index (χ1v) is 6.74. The smallest absolute Gasteiger partial charge is 0.228 e. The average molecular weight is 276 g/mol. The van der Waals surface area contributed by atoms with Gasteiger partial charge in [-0.05, 0) is 35.9 Å². The van der Waals surface area contributed by atoms with Crippen LogP contribution in [0, 0.1) is 0 Å². The van der Waals surface area contributed by atoms with Gasteiger partial charge in [-0.2, -0.15) is 0 Å². The quantitative estimate of drug-likeness (QED) is 0.779. The van der Waals surface area contributed by atoms with Crippen molar-refractivity contribution in [3.05, 3.63) is 60.3 Å². The van der Waals surface area contributed by atoms with Crippen molar-refractivity contribution < 1.29 is 9.21 Å². The van der Waals surface area contributed by atoms with Crippen LogP contribution in [0.1, 0.15) is 5.56 Å². The number of fused-ring (bicyclic) bond motifs is 1. The zero-order valence-corrected chi connectivity index (χ0v) is 11.2. The van der Waals surface area contributed by atoms with Crippen LogP contribution in [0.15, 0.2) is 59.1 Å². The molecule has 4 nitrogen and oxygen atoms in total. The number of benzene rings is 2. The van der Waals surface area contributed by atoms with Gasteiger partial charge in [0.2, 0.25) is 11.8 Å². The highest BCUT2D eigenvalue weighted by Crippen LogP contribution is 2.31. The number of carbonyl (C=O) groups is 1. The van der Waals surface area contributed by atoms with E-state index in [0.29, 0.717) is 18.1 Å². The van der Waals surface area contributed by atoms with Crippen LogP contribution in [0.3, 0.4) is 0 Å². The van der Waals surface area contributed by atoms with Crippen LogP contribution in [0.2, 0.25) is 0 Å². The fraction of sp³-hybridized carbons (Fsp3) is 0.0588. The number of aromatic nitrogens is 1. The molecule has 1 amide bonds. The molecule has 0 bridgehead atoms. The van der Waals surface area contributed by atoms with E-state index in [0.717, 1.165) is 22.4 Å². The highest BCUT2D eigenvalue weighted by atomic mass is 16.4. The molecule has 2 heterocycles. The molecule has 102 valence electrons. The highest BCUT2D eigenvalue weighted by molar-refractivity contribution is 5.99. The second-order valence-electron chi connectivity index (χ2n) is 4.99. The standard InChI is InChI=1S/C17H12N2O2/c20-16-9-13-8-12(6-7-14(13)19-16)15-10-18-17(21-15)11-4-2-1-3-5-11/h1-8,10H,9H2,(H,19,20). The topological polar surface area (TPSA) is 55.1 Å². The number of anilines is 1. The van der Waals surface area contributed by atoms with Crippen molar-refractivity contribution >= 4 is 11.6 Å². The van der Waals surface area contributed by atoms with Crippen molar-refractivity contribution in [2.24, 2.45) is 0 Å². The minimum Gasteiger partial charge on any atom is -0.436 e. The van der Waals surface area contributed by atoms with E-state index in [1.165, 1.54) is 0 Å². The van der Waals surface area contributed by atoms with Gasteiger partial charge in [-0.1, -0.05) is 18.2 Å². The van der Waals surface area contributed by atoms with Crippen molar-refractivity contribution in [3.8, 4) is 22.8 Å². The summed E-state index contributed by atoms with van der Waals surface area (Å²) in [6.07, 6.45) is 2.14. The van der Waals surface area contributed by atoms with Crippen LogP contribution >= 0.6 is 0 Å². The lowest BCUT2D eigenvalue weighted by Gasteiger charge is -2.01. The summed E-state index contributed by atoms with van der Waals surface area (Å²) in [6, 6.07) is 15.6. The first-order valence-electron chi connectivity index (χ1n) is 6.74. The Morgan fingerprint density at radius 1 is 1.05 bits per heavy atom. The Hall–Kier alpha value is -2.88. The molecule has 2 aromatic carbocycles. The van der Waals surface area contributed by atoms with Gasteiger partial charge in [-0.15, -0.1) is 0 Å². The number of hydrogen-bond donors (Lipinski definition) is 1. The number of nitrogens with one attached hydrogen (secondary N) is 1. The maximum Gasteiger partial charge on any atom is 0.228 e. The first-order chi connectivity index (χ1) is 10.3. The first kappa shape index (κ1) is 11.9. The lowest BCUT2D eigenvalue weighted by Crippen LogP contribution is -2.03. The second kappa shape index (κ2) is 4.59. The van der Waals surface area contributed by atoms with Gasteiger partial charge >= 0.3 is 0 Å². The molecule has 21 heavy (non-hydrogen) atoms. The summed E-state index contributed by atoms with van der Waals surface area (Å²) in [5, 5.41) is 2.82. The maximum atomic E-state index is 11.4. The third-order valence-corrected chi connectivity index (χ3v) is 3.54. The Bertz CT molecular complexity index is 822. The Balaban J connectivity index is 1.71. The van der Waals surface area contributed by atoms with Gasteiger partial charge < -0.3 is 9.73 Å². The predicted molar refractivity (Wildman–Crippen MR) is 79.7 cm³/mol. The molecule has 0 fully saturated rings. The monoisotopic (exact) mass is 276 g/mol. The fourth-order valence-electron chi connectivity index (χ4n) is 2.50. The van der Waals surface area contributed by atoms with Crippen LogP contribution in [-0.2, 0) is 11.2 Å². The molecule has 0 radical (unpaired) electrons. The molecule has 1 N–H and O–H groups in total. The summed E-state index contributed by atoms with van der Waals surface area (Å²) in [5.41, 5.74) is 3.75. The van der Waals surface area contributed by atoms with E-state index in [9.17, 15) is 4.79 Å². The SMILES string of the molecule is O=C1Cc2cc(-c3cnc(-c4ccccc4)o3)ccc2N1. The van der Waals surface area contributed by atoms with Crippen molar-refractivity contribution in [1.82, 2.24) is 4.98 Å². The van der Waals surface area contributed by atoms with Crippen molar-refractivity contribution in [2.45, 2.75) is 6.42 Å². The van der Waals surface area contributed by atoms with Gasteiger partial charge in [0.15, 0.2) is 5.76 Å². The summed E-state index contributed by atoms with van der Waals surface area (Å²) in [5.74, 6) is 1.33. The summed E-state index contributed by atoms with van der Waals surface area (Å²) < 4.78 is 5.83. The van der Waals surface area contributed by atoms with Crippen LogP contribution in [-0.4, -0.2) is 10.9 Å². The number of carbonyl (C=O) groups excluding carboxylic acids is 1. The normalized spacial score (nSPS) is 13.0. The number of nitrogens with zero attached hydrogens (tertiary/aromatic N) is 1. The molecular formula is C17H12N2O2. The molecule has 4 heteroatoms. The van der Waals surface area contributed by atoms with Gasteiger partial charge in [0.25, 0.3) is 0 Å². The predicted octanol–water partition coefficient (Wildman–Crippen LogP) is 3.50. The number of oxazole rings is 1. The van der Waals surface area contributed by atoms with E-state index in [4.69, 9.17) is 4.42 Å². The maximum absolute atomic E-state index is 11.4. The number of hydrogen-bond acceptors (Lipinski definition) is 3. The molecule has 0 spiro atoms. The zero-order valence-electron chi connectivity index (χ0n) is 11.2. The number of amides is 1. The van der Waals surface area contributed by atoms with E-state index < -0.39 is 0 Å². The van der Waals surface area contributed by atoms with Crippen LogP contribution < -0.4 is 5.32 Å². The van der Waals surface area contributed by atoms with Crippen molar-refractivity contribution in [2.75, 3.05) is 5.32 Å². The minimum atomic E-state index is 0.0321. The molecule has 4 rings (SSSR count). The minimum absolute atomic E-state index is 0.0321. The molecule has 0 unspecified atom stereocenters. The van der Waals surface area contributed by atoms with Crippen molar-refractivity contribution in [1.29, 1.82) is 0 Å². The van der Waals surface area contributed by atoms with Gasteiger partial charge in [0.05, 0.1) is 12.6 Å². The highest BCUT2D eigenvalue weighted by Gasteiger charge is 2.18. The Morgan fingerprint density at radius 2 is 1.90 bits per heavy atom. The summed E-state index contributed by atoms with van der Waals surface area (Å²) >= 11 is 0. The van der Waals surface area contributed by atoms with Crippen LogP contribution in [0.25, 0.3) is 22.8 Å². The lowest BCUT2D eigenvalue weighted by atomic mass is 10.1. The van der Waals surface area contributed by atoms with Gasteiger partial charge in [-0.3, -0.25) is 4.79 Å². The molecule has 0 saturated carbocycles. The van der Waals surface area contributed by atoms with E-state index >= 15 is 0 Å². The summed E-state index contributed by atoms with van der Waals surface area (Å²) in [7, 11) is 0. The lowest BCUT2D eigenvalue weighted by molar-refractivity contribution is -0.115. The van der Waals surface area contributed by atoms with E-state index in [-0.39, 0.29) is 5.91 Å². The molecule has 3 aromatic rings. The fourth-order valence-corrected chi connectivity index (χ4v) is 2.50. The summed E-state index contributed by atoms with van der Waals surface area (Å²) in [4.78, 5) is 15.7. The number of rotatable bonds is 2. The summed E-state index contributed by atoms with van der Waals surface area (Å²) in [6.45, 7) is 0. The Kier molecular flexibility index (Phi) is 2.60. The Labute approximate surface area is 121 Å². The van der Waals surface area contributed by atoms with E-state index in [1.807, 2.05) is 48.5 Å². The molecule has 1 aromatic heterocycles. The van der Waals surface area contributed by atoms with E-state index in [1.54, 1.807) is 6.20 Å². The molecular weight excluding hydrogens is 264 g/mol. The molecule has 0 atom stereocenters. The largest absolute Gasteiger partial charge is 0.436 e. The molecule has 1 aliphatic rings. The third-order valence-electron chi connectivity index (χ3n) is 3.54. The Morgan fingerprint density at radius 3 is 2.76 bits per heavy atom. The van der Waals surface area contributed by atoms with Crippen LogP contribution in [0.5, 0.6) is 0 Å². The van der Waals surface area contributed by atoms with Gasteiger partial charge in [0.1, 0.15) is 0 Å². The molecule has 0 saturated heterocycles. The molecule has 1 aliphatic heterocycles. The van der Waals surface area contributed by atoms with Crippen LogP contribution in [0.4, 0.5) is 5.69 Å². The van der Waals surface area contributed by atoms with Crippen molar-refractivity contribution in [3.63, 3.8) is 0 Å². The zero-order chi connectivity index (χ0) is 14.2. The van der Waals surface area contributed by atoms with E-state index in [2.05, 4.69) is 10.3 Å². The molecule has 0 aliphatic carbocycles. The third kappa shape index (κ3) is 2.10. The van der Waals surface area contributed by atoms with Gasteiger partial charge in [0, 0.05) is 16.8 Å². The average Bonchev–Trinajstić information content (AvgIpc) is 3.12.